The van der Waals surface area contributed by atoms with Crippen molar-refractivity contribution in [2.45, 2.75) is 32.2 Å². The molecule has 2 saturated heterocycles. The fraction of sp³-hybridized carbons (Fsp3) is 0.455. The highest BCUT2D eigenvalue weighted by Gasteiger charge is 2.32. The molecule has 1 aromatic heterocycles. The lowest BCUT2D eigenvalue weighted by molar-refractivity contribution is -0.143. The molecule has 0 unspecified atom stereocenters. The lowest BCUT2D eigenvalue weighted by Crippen LogP contribution is -2.46. The Kier molecular flexibility index (Phi) is 6.00. The largest absolute Gasteiger partial charge is 0.481 e. The number of pyridine rings is 1. The second-order valence-electron chi connectivity index (χ2n) is 8.11. The first-order valence-corrected chi connectivity index (χ1v) is 10.8. The second kappa shape index (κ2) is 8.50. The Bertz CT molecular complexity index is 887. The van der Waals surface area contributed by atoms with Crippen LogP contribution in [0.3, 0.4) is 0 Å². The van der Waals surface area contributed by atoms with Gasteiger partial charge in [-0.2, -0.15) is 0 Å². The first-order chi connectivity index (χ1) is 13.9. The SMILES string of the molecule is Cc1cc(CN2CCC(C(=O)O)CC2)cnc1C1CN(c2c(Cl)cccc2Cl)C1. The molecule has 2 aliphatic rings. The summed E-state index contributed by atoms with van der Waals surface area (Å²) >= 11 is 12.6. The van der Waals surface area contributed by atoms with E-state index in [1.54, 1.807) is 0 Å². The van der Waals surface area contributed by atoms with E-state index in [0.717, 1.165) is 56.9 Å². The summed E-state index contributed by atoms with van der Waals surface area (Å²) in [6.07, 6.45) is 3.42. The van der Waals surface area contributed by atoms with E-state index in [1.165, 1.54) is 11.1 Å². The number of anilines is 1. The first kappa shape index (κ1) is 20.5. The van der Waals surface area contributed by atoms with Crippen molar-refractivity contribution in [3.63, 3.8) is 0 Å². The van der Waals surface area contributed by atoms with E-state index in [1.807, 2.05) is 24.4 Å². The van der Waals surface area contributed by atoms with Gasteiger partial charge in [0.1, 0.15) is 0 Å². The van der Waals surface area contributed by atoms with Crippen LogP contribution in [0.2, 0.25) is 10.0 Å². The number of aromatic nitrogens is 1. The smallest absolute Gasteiger partial charge is 0.306 e. The molecule has 2 aromatic rings. The van der Waals surface area contributed by atoms with Crippen LogP contribution in [0.25, 0.3) is 0 Å². The number of carboxylic acids is 1. The molecular formula is C22H25Cl2N3O2. The number of likely N-dealkylation sites (tertiary alicyclic amines) is 1. The Morgan fingerprint density at radius 1 is 1.21 bits per heavy atom. The molecule has 2 fully saturated rings. The van der Waals surface area contributed by atoms with Crippen LogP contribution in [-0.4, -0.2) is 47.1 Å². The van der Waals surface area contributed by atoms with Crippen molar-refractivity contribution in [2.75, 3.05) is 31.1 Å². The summed E-state index contributed by atoms with van der Waals surface area (Å²) in [6, 6.07) is 7.82. The number of carboxylic acid groups (broad SMARTS) is 1. The van der Waals surface area contributed by atoms with E-state index in [-0.39, 0.29) is 5.92 Å². The standard InChI is InChI=1S/C22H25Cl2N3O2/c1-14-9-15(11-26-7-5-16(6-8-26)22(28)29)10-25-20(14)17-12-27(13-17)21-18(23)3-2-4-19(21)24/h2-4,9-10,16-17H,5-8,11-13H2,1H3,(H,28,29). The number of benzene rings is 1. The Labute approximate surface area is 181 Å². The van der Waals surface area contributed by atoms with Crippen LogP contribution in [0.4, 0.5) is 5.69 Å². The first-order valence-electron chi connectivity index (χ1n) is 10.0. The van der Waals surface area contributed by atoms with Crippen molar-refractivity contribution in [2.24, 2.45) is 5.92 Å². The molecule has 0 spiro atoms. The summed E-state index contributed by atoms with van der Waals surface area (Å²) in [4.78, 5) is 20.4. The monoisotopic (exact) mass is 433 g/mol. The van der Waals surface area contributed by atoms with E-state index in [4.69, 9.17) is 33.3 Å². The van der Waals surface area contributed by atoms with Crippen LogP contribution in [0.5, 0.6) is 0 Å². The second-order valence-corrected chi connectivity index (χ2v) is 8.92. The van der Waals surface area contributed by atoms with E-state index in [2.05, 4.69) is 22.8 Å². The van der Waals surface area contributed by atoms with Crippen molar-refractivity contribution in [1.29, 1.82) is 0 Å². The Morgan fingerprint density at radius 3 is 2.45 bits per heavy atom. The van der Waals surface area contributed by atoms with Gasteiger partial charge in [-0.15, -0.1) is 0 Å². The molecule has 0 amide bonds. The lowest BCUT2D eigenvalue weighted by Gasteiger charge is -2.42. The molecule has 0 atom stereocenters. The average molecular weight is 434 g/mol. The third kappa shape index (κ3) is 4.37. The number of piperidine rings is 1. The average Bonchev–Trinajstić information content (AvgIpc) is 2.64. The molecule has 2 aliphatic heterocycles. The number of para-hydroxylation sites is 1. The Balaban J connectivity index is 1.36. The number of aryl methyl sites for hydroxylation is 1. The van der Waals surface area contributed by atoms with E-state index >= 15 is 0 Å². The number of hydrogen-bond acceptors (Lipinski definition) is 4. The normalized spacial score (nSPS) is 18.7. The fourth-order valence-electron chi connectivity index (χ4n) is 4.38. The topological polar surface area (TPSA) is 56.7 Å². The molecule has 7 heteroatoms. The molecule has 29 heavy (non-hydrogen) atoms. The van der Waals surface area contributed by atoms with Crippen molar-refractivity contribution >= 4 is 34.9 Å². The highest BCUT2D eigenvalue weighted by atomic mass is 35.5. The summed E-state index contributed by atoms with van der Waals surface area (Å²) in [5.74, 6) is -0.483. The third-order valence-electron chi connectivity index (χ3n) is 6.04. The summed E-state index contributed by atoms with van der Waals surface area (Å²) in [5, 5.41) is 10.5. The van der Waals surface area contributed by atoms with Gasteiger partial charge in [-0.1, -0.05) is 35.3 Å². The molecule has 0 radical (unpaired) electrons. The molecule has 0 saturated carbocycles. The van der Waals surface area contributed by atoms with Gasteiger partial charge in [0.05, 0.1) is 21.7 Å². The highest BCUT2D eigenvalue weighted by Crippen LogP contribution is 2.40. The predicted molar refractivity (Wildman–Crippen MR) is 116 cm³/mol. The number of aliphatic carboxylic acids is 1. The zero-order valence-corrected chi connectivity index (χ0v) is 18.0. The minimum atomic E-state index is -0.667. The molecule has 154 valence electrons. The molecule has 5 nitrogen and oxygen atoms in total. The molecular weight excluding hydrogens is 409 g/mol. The maximum Gasteiger partial charge on any atom is 0.306 e. The van der Waals surface area contributed by atoms with Gasteiger partial charge in [-0.3, -0.25) is 14.7 Å². The number of rotatable bonds is 5. The van der Waals surface area contributed by atoms with Gasteiger partial charge in [0.15, 0.2) is 0 Å². The van der Waals surface area contributed by atoms with E-state index < -0.39 is 5.97 Å². The number of hydrogen-bond donors (Lipinski definition) is 1. The highest BCUT2D eigenvalue weighted by molar-refractivity contribution is 6.39. The van der Waals surface area contributed by atoms with Gasteiger partial charge in [0, 0.05) is 37.4 Å². The quantitative estimate of drug-likeness (QED) is 0.746. The Hall–Kier alpha value is -1.82. The zero-order chi connectivity index (χ0) is 20.5. The van der Waals surface area contributed by atoms with Crippen molar-refractivity contribution in [3.8, 4) is 0 Å². The van der Waals surface area contributed by atoms with Crippen LogP contribution in [0, 0.1) is 12.8 Å². The molecule has 4 rings (SSSR count). The zero-order valence-electron chi connectivity index (χ0n) is 16.4. The van der Waals surface area contributed by atoms with Gasteiger partial charge in [-0.05, 0) is 56.1 Å². The van der Waals surface area contributed by atoms with E-state index in [0.29, 0.717) is 16.0 Å². The molecule has 1 aromatic carbocycles. The van der Waals surface area contributed by atoms with E-state index in [9.17, 15) is 4.79 Å². The minimum absolute atomic E-state index is 0.193. The van der Waals surface area contributed by atoms with Gasteiger partial charge in [0.25, 0.3) is 0 Å². The van der Waals surface area contributed by atoms with Crippen LogP contribution in [0.15, 0.2) is 30.5 Å². The van der Waals surface area contributed by atoms with Gasteiger partial charge >= 0.3 is 5.97 Å². The van der Waals surface area contributed by atoms with Crippen LogP contribution in [0.1, 0.15) is 35.6 Å². The summed E-state index contributed by atoms with van der Waals surface area (Å²) in [5.41, 5.74) is 4.44. The van der Waals surface area contributed by atoms with Crippen LogP contribution in [-0.2, 0) is 11.3 Å². The maximum atomic E-state index is 11.1. The molecule has 3 heterocycles. The molecule has 1 N–H and O–H groups in total. The number of nitrogens with zero attached hydrogens (tertiary/aromatic N) is 3. The fourth-order valence-corrected chi connectivity index (χ4v) is 5.02. The van der Waals surface area contributed by atoms with Crippen molar-refractivity contribution in [3.05, 3.63) is 57.3 Å². The molecule has 0 bridgehead atoms. The van der Waals surface area contributed by atoms with Gasteiger partial charge < -0.3 is 10.0 Å². The van der Waals surface area contributed by atoms with Crippen molar-refractivity contribution < 1.29 is 9.90 Å². The third-order valence-corrected chi connectivity index (χ3v) is 6.65. The summed E-state index contributed by atoms with van der Waals surface area (Å²) in [6.45, 7) is 6.32. The minimum Gasteiger partial charge on any atom is -0.481 e. The van der Waals surface area contributed by atoms with Crippen LogP contribution >= 0.6 is 23.2 Å². The Morgan fingerprint density at radius 2 is 1.86 bits per heavy atom. The summed E-state index contributed by atoms with van der Waals surface area (Å²) < 4.78 is 0. The summed E-state index contributed by atoms with van der Waals surface area (Å²) in [7, 11) is 0. The number of halogens is 2. The van der Waals surface area contributed by atoms with Crippen molar-refractivity contribution in [1.82, 2.24) is 9.88 Å². The number of carbonyl (C=O) groups is 1. The van der Waals surface area contributed by atoms with Crippen LogP contribution < -0.4 is 4.90 Å². The van der Waals surface area contributed by atoms with Gasteiger partial charge in [-0.25, -0.2) is 0 Å². The molecule has 0 aliphatic carbocycles. The predicted octanol–water partition coefficient (Wildman–Crippen LogP) is 4.60. The van der Waals surface area contributed by atoms with Gasteiger partial charge in [0.2, 0.25) is 0 Å². The lowest BCUT2D eigenvalue weighted by atomic mass is 9.91. The maximum absolute atomic E-state index is 11.1.